The van der Waals surface area contributed by atoms with Crippen molar-refractivity contribution in [3.05, 3.63) is 29.8 Å². The lowest BCUT2D eigenvalue weighted by atomic mass is 10.0. The van der Waals surface area contributed by atoms with Crippen molar-refractivity contribution in [2.24, 2.45) is 4.99 Å². The first-order chi connectivity index (χ1) is 14.2. The Morgan fingerprint density at radius 2 is 1.77 bits per heavy atom. The van der Waals surface area contributed by atoms with Crippen LogP contribution in [0.4, 0.5) is 0 Å². The lowest BCUT2D eigenvalue weighted by Gasteiger charge is -2.30. The maximum absolute atomic E-state index is 12.3. The number of carbonyl (C=O) groups is 1. The number of guanidine groups is 1. The molecule has 7 nitrogen and oxygen atoms in total. The molecule has 1 aromatic carbocycles. The second kappa shape index (κ2) is 13.0. The van der Waals surface area contributed by atoms with Crippen molar-refractivity contribution in [1.82, 2.24) is 20.4 Å². The number of hydrogen-bond acceptors (Lipinski definition) is 4. The second-order valence-corrected chi connectivity index (χ2v) is 7.66. The van der Waals surface area contributed by atoms with Gasteiger partial charge in [-0.15, -0.1) is 24.0 Å². The zero-order valence-corrected chi connectivity index (χ0v) is 20.6. The molecule has 30 heavy (non-hydrogen) atoms. The Balaban J connectivity index is 0.00000320. The summed E-state index contributed by atoms with van der Waals surface area (Å²) >= 11 is 0. The molecule has 1 unspecified atom stereocenters. The van der Waals surface area contributed by atoms with Gasteiger partial charge >= 0.3 is 0 Å². The summed E-state index contributed by atoms with van der Waals surface area (Å²) in [6, 6.07) is 8.43. The van der Waals surface area contributed by atoms with Gasteiger partial charge in [0.25, 0.3) is 0 Å². The molecule has 0 radical (unpaired) electrons. The number of amides is 1. The average Bonchev–Trinajstić information content (AvgIpc) is 3.46. The Bertz CT molecular complexity index is 688. The Morgan fingerprint density at radius 1 is 1.10 bits per heavy atom. The van der Waals surface area contributed by atoms with Gasteiger partial charge in [0.05, 0.1) is 13.2 Å². The third kappa shape index (κ3) is 6.73. The number of halogens is 1. The van der Waals surface area contributed by atoms with Gasteiger partial charge < -0.3 is 20.3 Å². The number of benzene rings is 1. The van der Waals surface area contributed by atoms with Crippen LogP contribution in [0.15, 0.2) is 29.3 Å². The molecule has 2 aliphatic rings. The number of likely N-dealkylation sites (tertiary alicyclic amines) is 2. The highest BCUT2D eigenvalue weighted by atomic mass is 127. The van der Waals surface area contributed by atoms with Crippen molar-refractivity contribution >= 4 is 35.8 Å². The lowest BCUT2D eigenvalue weighted by Crippen LogP contribution is -2.43. The second-order valence-electron chi connectivity index (χ2n) is 7.66. The minimum Gasteiger partial charge on any atom is -0.496 e. The molecule has 2 aliphatic heterocycles. The summed E-state index contributed by atoms with van der Waals surface area (Å²) in [5.74, 6) is 1.72. The first kappa shape index (κ1) is 24.7. The predicted molar refractivity (Wildman–Crippen MR) is 132 cm³/mol. The van der Waals surface area contributed by atoms with E-state index >= 15 is 0 Å². The minimum atomic E-state index is 0. The van der Waals surface area contributed by atoms with Gasteiger partial charge in [0.15, 0.2) is 5.96 Å². The molecule has 0 spiro atoms. The van der Waals surface area contributed by atoms with E-state index in [0.29, 0.717) is 12.5 Å². The molecule has 2 N–H and O–H groups in total. The number of methoxy groups -OCH3 is 1. The fraction of sp³-hybridized carbons (Fsp3) is 0.636. The van der Waals surface area contributed by atoms with Gasteiger partial charge in [0.2, 0.25) is 5.91 Å². The number of nitrogens with one attached hydrogen (secondary N) is 2. The molecule has 0 saturated carbocycles. The largest absolute Gasteiger partial charge is 0.496 e. The van der Waals surface area contributed by atoms with Crippen molar-refractivity contribution in [1.29, 1.82) is 0 Å². The third-order valence-electron chi connectivity index (χ3n) is 5.72. The fourth-order valence-corrected chi connectivity index (χ4v) is 4.18. The van der Waals surface area contributed by atoms with E-state index in [9.17, 15) is 4.79 Å². The summed E-state index contributed by atoms with van der Waals surface area (Å²) in [5, 5.41) is 6.74. The van der Waals surface area contributed by atoms with E-state index in [1.165, 1.54) is 18.4 Å². The van der Waals surface area contributed by atoms with Crippen molar-refractivity contribution in [2.45, 2.75) is 38.6 Å². The highest BCUT2D eigenvalue weighted by molar-refractivity contribution is 14.0. The van der Waals surface area contributed by atoms with E-state index in [2.05, 4.69) is 32.7 Å². The van der Waals surface area contributed by atoms with Gasteiger partial charge in [-0.3, -0.25) is 9.69 Å². The molecule has 0 aromatic heterocycles. The molecule has 2 fully saturated rings. The van der Waals surface area contributed by atoms with Crippen LogP contribution in [0.2, 0.25) is 0 Å². The minimum absolute atomic E-state index is 0. The quantitative estimate of drug-likeness (QED) is 0.308. The Kier molecular flexibility index (Phi) is 10.7. The normalized spacial score (nSPS) is 18.1. The van der Waals surface area contributed by atoms with E-state index in [1.54, 1.807) is 7.11 Å². The van der Waals surface area contributed by atoms with Gasteiger partial charge in [-0.25, -0.2) is 4.99 Å². The average molecular weight is 529 g/mol. The van der Waals surface area contributed by atoms with Crippen LogP contribution in [0.1, 0.15) is 44.2 Å². The molecule has 2 heterocycles. The summed E-state index contributed by atoms with van der Waals surface area (Å²) < 4.78 is 5.63. The predicted octanol–water partition coefficient (Wildman–Crippen LogP) is 2.63. The summed E-state index contributed by atoms with van der Waals surface area (Å²) in [4.78, 5) is 21.3. The number of aliphatic imine (C=N–C) groups is 1. The number of ether oxygens (including phenoxy) is 1. The van der Waals surface area contributed by atoms with Crippen LogP contribution in [0.25, 0.3) is 0 Å². The van der Waals surface area contributed by atoms with Crippen molar-refractivity contribution in [2.75, 3.05) is 52.9 Å². The molecule has 1 aromatic rings. The van der Waals surface area contributed by atoms with Crippen LogP contribution in [0.3, 0.4) is 0 Å². The molecule has 1 atom stereocenters. The number of rotatable bonds is 8. The standard InChI is InChI=1S/C22H35N5O2.HI/c1-3-23-22(25-17-21(28)27-14-8-9-15-27)24-16-19(26-12-6-7-13-26)18-10-4-5-11-20(18)29-2;/h4-5,10-11,19H,3,6-9,12-17H2,1-2H3,(H2,23,24,25);1H. The van der Waals surface area contributed by atoms with Gasteiger partial charge in [-0.1, -0.05) is 18.2 Å². The van der Waals surface area contributed by atoms with E-state index in [1.807, 2.05) is 24.0 Å². The topological polar surface area (TPSA) is 69.2 Å². The molecule has 3 rings (SSSR count). The molecule has 2 saturated heterocycles. The monoisotopic (exact) mass is 529 g/mol. The molecular weight excluding hydrogens is 493 g/mol. The lowest BCUT2D eigenvalue weighted by molar-refractivity contribution is -0.128. The van der Waals surface area contributed by atoms with Crippen LogP contribution < -0.4 is 15.4 Å². The Morgan fingerprint density at radius 3 is 2.43 bits per heavy atom. The van der Waals surface area contributed by atoms with Gasteiger partial charge in [0, 0.05) is 31.7 Å². The van der Waals surface area contributed by atoms with Crippen molar-refractivity contribution in [3.8, 4) is 5.75 Å². The smallest absolute Gasteiger partial charge is 0.244 e. The van der Waals surface area contributed by atoms with E-state index in [-0.39, 0.29) is 42.5 Å². The van der Waals surface area contributed by atoms with Gasteiger partial charge in [-0.2, -0.15) is 0 Å². The molecule has 8 heteroatoms. The van der Waals surface area contributed by atoms with Crippen LogP contribution in [0, 0.1) is 0 Å². The number of carbonyl (C=O) groups excluding carboxylic acids is 1. The number of nitrogens with zero attached hydrogens (tertiary/aromatic N) is 3. The SMILES string of the molecule is CCNC(=NCC(=O)N1CCCC1)NCC(c1ccccc1OC)N1CCCC1.I. The summed E-state index contributed by atoms with van der Waals surface area (Å²) in [6.07, 6.45) is 4.66. The molecule has 0 bridgehead atoms. The van der Waals surface area contributed by atoms with Crippen LogP contribution in [0.5, 0.6) is 5.75 Å². The van der Waals surface area contributed by atoms with E-state index in [4.69, 9.17) is 4.74 Å². The Labute approximate surface area is 197 Å². The molecule has 0 aliphatic carbocycles. The van der Waals surface area contributed by atoms with E-state index in [0.717, 1.165) is 51.3 Å². The van der Waals surface area contributed by atoms with Crippen LogP contribution >= 0.6 is 24.0 Å². The summed E-state index contributed by atoms with van der Waals surface area (Å²) in [6.45, 7) is 7.61. The van der Waals surface area contributed by atoms with E-state index < -0.39 is 0 Å². The van der Waals surface area contributed by atoms with Crippen molar-refractivity contribution in [3.63, 3.8) is 0 Å². The molecule has 1 amide bonds. The fourth-order valence-electron chi connectivity index (χ4n) is 4.18. The summed E-state index contributed by atoms with van der Waals surface area (Å²) in [5.41, 5.74) is 1.19. The summed E-state index contributed by atoms with van der Waals surface area (Å²) in [7, 11) is 1.72. The van der Waals surface area contributed by atoms with Gasteiger partial charge in [-0.05, 0) is 51.8 Å². The zero-order chi connectivity index (χ0) is 20.5. The maximum Gasteiger partial charge on any atom is 0.244 e. The van der Waals surface area contributed by atoms with Crippen LogP contribution in [-0.4, -0.2) is 74.6 Å². The van der Waals surface area contributed by atoms with Crippen LogP contribution in [-0.2, 0) is 4.79 Å². The first-order valence-corrected chi connectivity index (χ1v) is 10.9. The van der Waals surface area contributed by atoms with Crippen molar-refractivity contribution < 1.29 is 9.53 Å². The van der Waals surface area contributed by atoms with Gasteiger partial charge in [0.1, 0.15) is 12.3 Å². The highest BCUT2D eigenvalue weighted by Crippen LogP contribution is 2.31. The first-order valence-electron chi connectivity index (χ1n) is 10.9. The Hall–Kier alpha value is -1.55. The third-order valence-corrected chi connectivity index (χ3v) is 5.72. The molecular formula is C22H36IN5O2. The maximum atomic E-state index is 12.3. The zero-order valence-electron chi connectivity index (χ0n) is 18.2. The number of para-hydroxylation sites is 1. The highest BCUT2D eigenvalue weighted by Gasteiger charge is 2.26. The molecule has 168 valence electrons. The number of hydrogen-bond donors (Lipinski definition) is 2.